The maximum Gasteiger partial charge on any atom is 0.0801 e. The second kappa shape index (κ2) is 7.74. The number of hydrogen-bond donors (Lipinski definition) is 0. The Morgan fingerprint density at radius 1 is 0.541 bits per heavy atom. The Kier molecular flexibility index (Phi) is 4.23. The van der Waals surface area contributed by atoms with Gasteiger partial charge in [-0.1, -0.05) is 72.8 Å². The molecular weight excluding hydrogens is 450 g/mol. The first-order valence-corrected chi connectivity index (χ1v) is 12.5. The molecule has 3 aromatic heterocycles. The highest BCUT2D eigenvalue weighted by atomic mass is 15.0. The first kappa shape index (κ1) is 20.2. The van der Waals surface area contributed by atoms with Crippen LogP contribution in [-0.2, 0) is 0 Å². The van der Waals surface area contributed by atoms with Gasteiger partial charge >= 0.3 is 0 Å². The molecule has 0 N–H and O–H groups in total. The van der Waals surface area contributed by atoms with Crippen LogP contribution in [-0.4, -0.2) is 14.5 Å². The summed E-state index contributed by atoms with van der Waals surface area (Å²) >= 11 is 0. The van der Waals surface area contributed by atoms with E-state index in [0.717, 1.165) is 38.6 Å². The average molecular weight is 472 g/mol. The van der Waals surface area contributed by atoms with Crippen LogP contribution in [0.3, 0.4) is 0 Å². The quantitative estimate of drug-likeness (QED) is 0.236. The average Bonchev–Trinajstić information content (AvgIpc) is 3.33. The van der Waals surface area contributed by atoms with E-state index in [1.54, 1.807) is 0 Å². The van der Waals surface area contributed by atoms with Crippen LogP contribution in [0, 0.1) is 0 Å². The van der Waals surface area contributed by atoms with Gasteiger partial charge in [-0.2, -0.15) is 0 Å². The summed E-state index contributed by atoms with van der Waals surface area (Å²) in [6, 6.07) is 40.8. The molecule has 0 bridgehead atoms. The van der Waals surface area contributed by atoms with E-state index in [2.05, 4.69) is 107 Å². The van der Waals surface area contributed by atoms with Crippen molar-refractivity contribution in [3.05, 3.63) is 128 Å². The van der Waals surface area contributed by atoms with Gasteiger partial charge in [0.2, 0.25) is 0 Å². The minimum atomic E-state index is 1.01. The summed E-state index contributed by atoms with van der Waals surface area (Å²) in [5.41, 5.74) is 7.84. The van der Waals surface area contributed by atoms with Gasteiger partial charge in [0.1, 0.15) is 0 Å². The van der Waals surface area contributed by atoms with Crippen molar-refractivity contribution >= 4 is 54.4 Å². The molecule has 3 heteroatoms. The lowest BCUT2D eigenvalue weighted by atomic mass is 10.00. The summed E-state index contributed by atoms with van der Waals surface area (Å²) in [6.45, 7) is 0. The van der Waals surface area contributed by atoms with Gasteiger partial charge in [0.05, 0.1) is 22.1 Å². The van der Waals surface area contributed by atoms with Crippen molar-refractivity contribution in [1.82, 2.24) is 14.5 Å². The number of pyridine rings is 2. The lowest BCUT2D eigenvalue weighted by Crippen LogP contribution is -1.95. The summed E-state index contributed by atoms with van der Waals surface area (Å²) in [4.78, 5) is 9.49. The van der Waals surface area contributed by atoms with Gasteiger partial charge < -0.3 is 4.57 Å². The van der Waals surface area contributed by atoms with Crippen molar-refractivity contribution < 1.29 is 0 Å². The van der Waals surface area contributed by atoms with Gasteiger partial charge in [-0.05, 0) is 53.4 Å². The third-order valence-electron chi connectivity index (χ3n) is 7.44. The molecule has 0 unspecified atom stereocenters. The second-order valence-electron chi connectivity index (χ2n) is 9.48. The topological polar surface area (TPSA) is 30.7 Å². The molecule has 0 saturated heterocycles. The van der Waals surface area contributed by atoms with Crippen molar-refractivity contribution in [2.24, 2.45) is 0 Å². The SMILES string of the molecule is c1ccc2ncc(-c3ccc(-n4c5ccccc5c5c6ccccc6c6ncccc6c54)cc3)cc2c1. The van der Waals surface area contributed by atoms with E-state index in [1.807, 2.05) is 30.6 Å². The molecule has 0 atom stereocenters. The number of aromatic nitrogens is 3. The second-order valence-corrected chi connectivity index (χ2v) is 9.48. The van der Waals surface area contributed by atoms with Crippen LogP contribution < -0.4 is 0 Å². The number of rotatable bonds is 2. The number of fused-ring (bicyclic) bond motifs is 9. The molecule has 3 nitrogen and oxygen atoms in total. The first-order valence-electron chi connectivity index (χ1n) is 12.5. The Hall–Kier alpha value is -5.02. The number of benzene rings is 5. The number of nitrogens with zero attached hydrogens (tertiary/aromatic N) is 3. The van der Waals surface area contributed by atoms with Crippen molar-refractivity contribution in [3.63, 3.8) is 0 Å². The van der Waals surface area contributed by atoms with Gasteiger partial charge in [0, 0.05) is 50.6 Å². The van der Waals surface area contributed by atoms with E-state index in [0.29, 0.717) is 0 Å². The van der Waals surface area contributed by atoms with Gasteiger partial charge in [0.25, 0.3) is 0 Å². The third-order valence-corrected chi connectivity index (χ3v) is 7.44. The lowest BCUT2D eigenvalue weighted by molar-refractivity contribution is 1.19. The fourth-order valence-corrected chi connectivity index (χ4v) is 5.79. The molecule has 172 valence electrons. The Balaban J connectivity index is 1.42. The van der Waals surface area contributed by atoms with Gasteiger partial charge in [-0.3, -0.25) is 9.97 Å². The van der Waals surface area contributed by atoms with Crippen LogP contribution in [0.15, 0.2) is 128 Å². The molecule has 0 radical (unpaired) electrons. The molecule has 8 rings (SSSR count). The van der Waals surface area contributed by atoms with Crippen molar-refractivity contribution in [1.29, 1.82) is 0 Å². The molecule has 0 aliphatic heterocycles. The highest BCUT2D eigenvalue weighted by molar-refractivity contribution is 6.31. The number of hydrogen-bond acceptors (Lipinski definition) is 2. The van der Waals surface area contributed by atoms with Crippen molar-refractivity contribution in [2.45, 2.75) is 0 Å². The normalized spacial score (nSPS) is 11.8. The van der Waals surface area contributed by atoms with Crippen LogP contribution in [0.25, 0.3) is 71.2 Å². The summed E-state index contributed by atoms with van der Waals surface area (Å²) in [7, 11) is 0. The van der Waals surface area contributed by atoms with Gasteiger partial charge in [-0.25, -0.2) is 0 Å². The predicted octanol–water partition coefficient (Wildman–Crippen LogP) is 8.70. The predicted molar refractivity (Wildman–Crippen MR) is 154 cm³/mol. The summed E-state index contributed by atoms with van der Waals surface area (Å²) in [5, 5.41) is 7.26. The van der Waals surface area contributed by atoms with Crippen molar-refractivity contribution in [2.75, 3.05) is 0 Å². The molecule has 8 aromatic rings. The van der Waals surface area contributed by atoms with Crippen LogP contribution in [0.5, 0.6) is 0 Å². The minimum absolute atomic E-state index is 1.01. The van der Waals surface area contributed by atoms with Crippen LogP contribution >= 0.6 is 0 Å². The molecule has 0 amide bonds. The molecule has 0 aliphatic rings. The molecule has 3 heterocycles. The highest BCUT2D eigenvalue weighted by Gasteiger charge is 2.19. The molecule has 0 spiro atoms. The van der Waals surface area contributed by atoms with E-state index >= 15 is 0 Å². The zero-order valence-electron chi connectivity index (χ0n) is 20.0. The Labute approximate surface area is 213 Å². The van der Waals surface area contributed by atoms with E-state index in [1.165, 1.54) is 32.6 Å². The maximum atomic E-state index is 4.82. The lowest BCUT2D eigenvalue weighted by Gasteiger charge is -2.12. The van der Waals surface area contributed by atoms with Crippen LogP contribution in [0.1, 0.15) is 0 Å². The molecule has 0 fully saturated rings. The Morgan fingerprint density at radius 3 is 2.16 bits per heavy atom. The summed E-state index contributed by atoms with van der Waals surface area (Å²) in [6.07, 6.45) is 3.85. The summed E-state index contributed by atoms with van der Waals surface area (Å²) < 4.78 is 2.39. The highest BCUT2D eigenvalue weighted by Crippen LogP contribution is 2.41. The van der Waals surface area contributed by atoms with Crippen LogP contribution in [0.2, 0.25) is 0 Å². The minimum Gasteiger partial charge on any atom is -0.309 e. The van der Waals surface area contributed by atoms with E-state index < -0.39 is 0 Å². The summed E-state index contributed by atoms with van der Waals surface area (Å²) in [5.74, 6) is 0. The molecule has 37 heavy (non-hydrogen) atoms. The zero-order valence-corrected chi connectivity index (χ0v) is 20.0. The first-order chi connectivity index (χ1) is 18.4. The third kappa shape index (κ3) is 2.95. The van der Waals surface area contributed by atoms with Gasteiger partial charge in [-0.15, -0.1) is 0 Å². The zero-order chi connectivity index (χ0) is 24.3. The fourth-order valence-electron chi connectivity index (χ4n) is 5.79. The van der Waals surface area contributed by atoms with Gasteiger partial charge in [0.15, 0.2) is 0 Å². The standard InChI is InChI=1S/C34H21N3/c1-5-13-30-23(8-1)20-24(21-36-30)22-15-17-25(18-16-22)37-31-14-6-4-11-28(31)32-26-9-2-3-10-27(26)33-29(34(32)37)12-7-19-35-33/h1-21H. The van der Waals surface area contributed by atoms with E-state index in [-0.39, 0.29) is 0 Å². The number of para-hydroxylation sites is 2. The smallest absolute Gasteiger partial charge is 0.0801 e. The van der Waals surface area contributed by atoms with E-state index in [9.17, 15) is 0 Å². The molecule has 0 aliphatic carbocycles. The monoisotopic (exact) mass is 471 g/mol. The largest absolute Gasteiger partial charge is 0.309 e. The van der Waals surface area contributed by atoms with Crippen LogP contribution in [0.4, 0.5) is 0 Å². The maximum absolute atomic E-state index is 4.82. The Bertz CT molecular complexity index is 2140. The fraction of sp³-hybridized carbons (Fsp3) is 0. The van der Waals surface area contributed by atoms with E-state index in [4.69, 9.17) is 4.98 Å². The Morgan fingerprint density at radius 2 is 1.27 bits per heavy atom. The molecule has 0 saturated carbocycles. The van der Waals surface area contributed by atoms with Crippen molar-refractivity contribution in [3.8, 4) is 16.8 Å². The molecular formula is C34H21N3. The molecule has 5 aromatic carbocycles.